The van der Waals surface area contributed by atoms with E-state index in [-0.39, 0.29) is 5.97 Å². The smallest absolute Gasteiger partial charge is 0.320 e. The van der Waals surface area contributed by atoms with Crippen LogP contribution in [0.3, 0.4) is 0 Å². The molecule has 1 N–H and O–H groups in total. The van der Waals surface area contributed by atoms with Crippen molar-refractivity contribution in [3.8, 4) is 0 Å². The third kappa shape index (κ3) is 3.74. The number of thioether (sulfide) groups is 1. The van der Waals surface area contributed by atoms with Crippen LogP contribution in [0, 0.1) is 0 Å². The minimum absolute atomic E-state index is 0.268. The molecule has 0 aromatic rings. The molecule has 0 spiro atoms. The molecule has 1 rings (SSSR count). The van der Waals surface area contributed by atoms with Crippen LogP contribution in [0.4, 0.5) is 0 Å². The molecule has 0 radical (unpaired) electrons. The van der Waals surface area contributed by atoms with Crippen LogP contribution >= 0.6 is 11.8 Å². The number of aliphatic carboxylic acids is 1. The SMILES string of the molecule is CCCCC(=O)OC1CCSC1C(=O)O. The molecule has 86 valence electrons. The van der Waals surface area contributed by atoms with Crippen molar-refractivity contribution in [3.05, 3.63) is 0 Å². The predicted molar refractivity (Wildman–Crippen MR) is 57.9 cm³/mol. The second kappa shape index (κ2) is 6.00. The van der Waals surface area contributed by atoms with E-state index in [0.717, 1.165) is 18.6 Å². The van der Waals surface area contributed by atoms with Crippen molar-refractivity contribution >= 4 is 23.7 Å². The van der Waals surface area contributed by atoms with Gasteiger partial charge in [0.15, 0.2) is 0 Å². The quantitative estimate of drug-likeness (QED) is 0.731. The van der Waals surface area contributed by atoms with Gasteiger partial charge in [-0.25, -0.2) is 0 Å². The highest BCUT2D eigenvalue weighted by atomic mass is 32.2. The normalized spacial score (nSPS) is 25.1. The summed E-state index contributed by atoms with van der Waals surface area (Å²) in [6.45, 7) is 2.00. The predicted octanol–water partition coefficient (Wildman–Crippen LogP) is 1.68. The molecule has 2 unspecified atom stereocenters. The highest BCUT2D eigenvalue weighted by Crippen LogP contribution is 2.29. The van der Waals surface area contributed by atoms with Crippen molar-refractivity contribution in [2.45, 2.75) is 44.0 Å². The fraction of sp³-hybridized carbons (Fsp3) is 0.800. The highest BCUT2D eigenvalue weighted by molar-refractivity contribution is 8.00. The van der Waals surface area contributed by atoms with Gasteiger partial charge in [-0.15, -0.1) is 11.8 Å². The monoisotopic (exact) mass is 232 g/mol. The third-order valence-corrected chi connectivity index (χ3v) is 3.63. The average molecular weight is 232 g/mol. The zero-order valence-electron chi connectivity index (χ0n) is 8.77. The van der Waals surface area contributed by atoms with Crippen LogP contribution in [0.15, 0.2) is 0 Å². The van der Waals surface area contributed by atoms with Crippen molar-refractivity contribution in [2.75, 3.05) is 5.75 Å². The number of carbonyl (C=O) groups excluding carboxylic acids is 1. The number of hydrogen-bond acceptors (Lipinski definition) is 4. The molecule has 0 saturated carbocycles. The van der Waals surface area contributed by atoms with Gasteiger partial charge in [0.2, 0.25) is 0 Å². The summed E-state index contributed by atoms with van der Waals surface area (Å²) < 4.78 is 5.15. The zero-order chi connectivity index (χ0) is 11.3. The summed E-state index contributed by atoms with van der Waals surface area (Å²) in [6.07, 6.45) is 2.36. The van der Waals surface area contributed by atoms with Gasteiger partial charge in [0, 0.05) is 6.42 Å². The van der Waals surface area contributed by atoms with Gasteiger partial charge in [0.05, 0.1) is 0 Å². The lowest BCUT2D eigenvalue weighted by Crippen LogP contribution is -2.31. The maximum absolute atomic E-state index is 11.3. The molecule has 0 aromatic heterocycles. The minimum Gasteiger partial charge on any atom is -0.480 e. The molecule has 1 saturated heterocycles. The molecule has 0 aromatic carbocycles. The first-order valence-electron chi connectivity index (χ1n) is 5.19. The number of hydrogen-bond donors (Lipinski definition) is 1. The Balaban J connectivity index is 2.36. The lowest BCUT2D eigenvalue weighted by molar-refractivity contribution is -0.151. The first-order valence-corrected chi connectivity index (χ1v) is 6.24. The van der Waals surface area contributed by atoms with Crippen molar-refractivity contribution in [3.63, 3.8) is 0 Å². The summed E-state index contributed by atoms with van der Waals surface area (Å²) in [5, 5.41) is 8.29. The molecule has 1 aliphatic heterocycles. The van der Waals surface area contributed by atoms with Crippen LogP contribution in [-0.2, 0) is 14.3 Å². The molecule has 4 nitrogen and oxygen atoms in total. The summed E-state index contributed by atoms with van der Waals surface area (Å²) >= 11 is 1.35. The lowest BCUT2D eigenvalue weighted by atomic mass is 10.2. The van der Waals surface area contributed by atoms with E-state index in [2.05, 4.69) is 0 Å². The Bertz CT molecular complexity index is 242. The van der Waals surface area contributed by atoms with Crippen molar-refractivity contribution in [2.24, 2.45) is 0 Å². The van der Waals surface area contributed by atoms with Gasteiger partial charge in [0.1, 0.15) is 11.4 Å². The number of ether oxygens (including phenoxy) is 1. The van der Waals surface area contributed by atoms with Gasteiger partial charge in [0.25, 0.3) is 0 Å². The Morgan fingerprint density at radius 2 is 2.27 bits per heavy atom. The number of carboxylic acid groups (broad SMARTS) is 1. The molecule has 0 bridgehead atoms. The number of rotatable bonds is 5. The minimum atomic E-state index is -0.884. The number of esters is 1. The molecule has 0 amide bonds. The maximum atomic E-state index is 11.3. The topological polar surface area (TPSA) is 63.6 Å². The van der Waals surface area contributed by atoms with E-state index in [1.165, 1.54) is 11.8 Å². The summed E-state index contributed by atoms with van der Waals surface area (Å²) in [5.41, 5.74) is 0. The first kappa shape index (κ1) is 12.4. The Morgan fingerprint density at radius 3 is 2.87 bits per heavy atom. The van der Waals surface area contributed by atoms with Gasteiger partial charge in [-0.05, 0) is 18.6 Å². The van der Waals surface area contributed by atoms with E-state index in [1.807, 2.05) is 6.92 Å². The number of carboxylic acids is 1. The van der Waals surface area contributed by atoms with Crippen LogP contribution < -0.4 is 0 Å². The fourth-order valence-electron chi connectivity index (χ4n) is 1.47. The van der Waals surface area contributed by atoms with Crippen LogP contribution in [0.25, 0.3) is 0 Å². The Morgan fingerprint density at radius 1 is 1.53 bits per heavy atom. The average Bonchev–Trinajstić information content (AvgIpc) is 2.62. The highest BCUT2D eigenvalue weighted by Gasteiger charge is 2.36. The molecule has 1 aliphatic rings. The Kier molecular flexibility index (Phi) is 4.94. The molecular weight excluding hydrogens is 216 g/mol. The van der Waals surface area contributed by atoms with E-state index in [4.69, 9.17) is 9.84 Å². The first-order chi connectivity index (χ1) is 7.15. The van der Waals surface area contributed by atoms with E-state index < -0.39 is 17.3 Å². The zero-order valence-corrected chi connectivity index (χ0v) is 9.59. The maximum Gasteiger partial charge on any atom is 0.320 e. The van der Waals surface area contributed by atoms with Crippen molar-refractivity contribution in [1.82, 2.24) is 0 Å². The fourth-order valence-corrected chi connectivity index (χ4v) is 2.64. The molecular formula is C10H16O4S. The van der Waals surface area contributed by atoms with E-state index in [9.17, 15) is 9.59 Å². The molecule has 15 heavy (non-hydrogen) atoms. The summed E-state index contributed by atoms with van der Waals surface area (Å²) in [5.74, 6) is -0.399. The van der Waals surface area contributed by atoms with E-state index in [0.29, 0.717) is 12.8 Å². The second-order valence-corrected chi connectivity index (χ2v) is 4.80. The third-order valence-electron chi connectivity index (χ3n) is 2.30. The second-order valence-electron chi connectivity index (χ2n) is 3.55. The van der Waals surface area contributed by atoms with E-state index >= 15 is 0 Å². The molecule has 2 atom stereocenters. The summed E-state index contributed by atoms with van der Waals surface area (Å²) in [6, 6.07) is 0. The van der Waals surface area contributed by atoms with Gasteiger partial charge in [-0.1, -0.05) is 13.3 Å². The largest absolute Gasteiger partial charge is 0.480 e. The molecule has 1 heterocycles. The van der Waals surface area contributed by atoms with Crippen LogP contribution in [0.1, 0.15) is 32.6 Å². The summed E-state index contributed by atoms with van der Waals surface area (Å²) in [4.78, 5) is 22.1. The molecule has 5 heteroatoms. The summed E-state index contributed by atoms with van der Waals surface area (Å²) in [7, 11) is 0. The van der Waals surface area contributed by atoms with Crippen molar-refractivity contribution < 1.29 is 19.4 Å². The van der Waals surface area contributed by atoms with Gasteiger partial charge in [-0.2, -0.15) is 0 Å². The lowest BCUT2D eigenvalue weighted by Gasteiger charge is -2.15. The van der Waals surface area contributed by atoms with Gasteiger partial charge in [-0.3, -0.25) is 9.59 Å². The van der Waals surface area contributed by atoms with Crippen LogP contribution in [0.5, 0.6) is 0 Å². The number of unbranched alkanes of at least 4 members (excludes halogenated alkanes) is 1. The Labute approximate surface area is 93.4 Å². The van der Waals surface area contributed by atoms with Crippen LogP contribution in [-0.4, -0.2) is 34.2 Å². The standard InChI is InChI=1S/C10H16O4S/c1-2-3-4-8(11)14-7-5-6-15-9(7)10(12)13/h7,9H,2-6H2,1H3,(H,12,13). The van der Waals surface area contributed by atoms with Crippen molar-refractivity contribution in [1.29, 1.82) is 0 Å². The van der Waals surface area contributed by atoms with Gasteiger partial charge >= 0.3 is 11.9 Å². The Hall–Kier alpha value is -0.710. The molecule has 1 fully saturated rings. The molecule has 0 aliphatic carbocycles. The van der Waals surface area contributed by atoms with E-state index in [1.54, 1.807) is 0 Å². The van der Waals surface area contributed by atoms with Gasteiger partial charge < -0.3 is 9.84 Å². The number of carbonyl (C=O) groups is 2. The van der Waals surface area contributed by atoms with Crippen LogP contribution in [0.2, 0.25) is 0 Å².